The Morgan fingerprint density at radius 1 is 1.06 bits per heavy atom. The summed E-state index contributed by atoms with van der Waals surface area (Å²) in [5, 5.41) is 11.1. The summed E-state index contributed by atoms with van der Waals surface area (Å²) in [5.74, 6) is -0.709. The third-order valence-corrected chi connectivity index (χ3v) is 6.21. The molecular weight excluding hydrogens is 432 g/mol. The van der Waals surface area contributed by atoms with E-state index in [1.807, 2.05) is 37.3 Å². The van der Waals surface area contributed by atoms with Gasteiger partial charge < -0.3 is 19.5 Å². The van der Waals surface area contributed by atoms with Gasteiger partial charge in [-0.3, -0.25) is 14.5 Å². The molecular formula is C27H32N2O5. The number of amides is 1. The average molecular weight is 465 g/mol. The molecule has 2 aliphatic rings. The monoisotopic (exact) mass is 464 g/mol. The molecule has 1 atom stereocenters. The number of benzene rings is 2. The standard InChI is InChI=1S/C27H32N2O5/c1-2-16-34-22-11-6-10-21(19-22)24-23(25(30)20-8-4-3-5-9-20)26(31)27(32)29(24)13-7-12-28-14-17-33-18-15-28/h3-6,8-11,19,24,30H,2,7,12-18H2,1H3/t24-/m1/s1. The number of ketones is 1. The number of aliphatic hydroxyl groups excluding tert-OH is 1. The van der Waals surface area contributed by atoms with E-state index in [-0.39, 0.29) is 11.3 Å². The molecule has 180 valence electrons. The summed E-state index contributed by atoms with van der Waals surface area (Å²) in [6, 6.07) is 15.7. The van der Waals surface area contributed by atoms with Crippen LogP contribution in [0.15, 0.2) is 60.2 Å². The molecule has 2 aromatic rings. The lowest BCUT2D eigenvalue weighted by Crippen LogP contribution is -2.38. The second kappa shape index (κ2) is 11.3. The van der Waals surface area contributed by atoms with Gasteiger partial charge >= 0.3 is 0 Å². The Bertz CT molecular complexity index is 1030. The highest BCUT2D eigenvalue weighted by molar-refractivity contribution is 6.46. The van der Waals surface area contributed by atoms with Crippen LogP contribution in [0.5, 0.6) is 5.75 Å². The van der Waals surface area contributed by atoms with Gasteiger partial charge in [0.1, 0.15) is 11.5 Å². The Labute approximate surface area is 200 Å². The SMILES string of the molecule is CCCOc1cccc([C@@H]2C(=C(O)c3ccccc3)C(=O)C(=O)N2CCCN2CCOCC2)c1. The summed E-state index contributed by atoms with van der Waals surface area (Å²) < 4.78 is 11.2. The molecule has 34 heavy (non-hydrogen) atoms. The van der Waals surface area contributed by atoms with Crippen molar-refractivity contribution in [1.29, 1.82) is 0 Å². The number of carbonyl (C=O) groups is 2. The minimum Gasteiger partial charge on any atom is -0.507 e. The quantitative estimate of drug-likeness (QED) is 0.347. The second-order valence-electron chi connectivity index (χ2n) is 8.59. The first-order chi connectivity index (χ1) is 16.6. The number of hydrogen-bond acceptors (Lipinski definition) is 6. The molecule has 0 spiro atoms. The van der Waals surface area contributed by atoms with Crippen molar-refractivity contribution in [2.45, 2.75) is 25.8 Å². The zero-order valence-electron chi connectivity index (χ0n) is 19.6. The molecule has 2 aliphatic heterocycles. The molecule has 2 aromatic carbocycles. The second-order valence-corrected chi connectivity index (χ2v) is 8.59. The highest BCUT2D eigenvalue weighted by Gasteiger charge is 2.45. The van der Waals surface area contributed by atoms with E-state index in [2.05, 4.69) is 4.90 Å². The minimum absolute atomic E-state index is 0.121. The Hall–Kier alpha value is -3.16. The van der Waals surface area contributed by atoms with Crippen LogP contribution in [0.25, 0.3) is 5.76 Å². The van der Waals surface area contributed by atoms with Crippen LogP contribution in [0.3, 0.4) is 0 Å². The summed E-state index contributed by atoms with van der Waals surface area (Å²) in [6.45, 7) is 7.01. The third kappa shape index (κ3) is 5.32. The molecule has 0 radical (unpaired) electrons. The van der Waals surface area contributed by atoms with Crippen LogP contribution in [-0.2, 0) is 14.3 Å². The number of hydrogen-bond donors (Lipinski definition) is 1. The number of morpholine rings is 1. The topological polar surface area (TPSA) is 79.3 Å². The summed E-state index contributed by atoms with van der Waals surface area (Å²) in [5.41, 5.74) is 1.38. The van der Waals surface area contributed by atoms with Gasteiger partial charge in [0.15, 0.2) is 0 Å². The van der Waals surface area contributed by atoms with Crippen molar-refractivity contribution in [2.75, 3.05) is 46.0 Å². The van der Waals surface area contributed by atoms with Crippen LogP contribution in [0.1, 0.15) is 36.9 Å². The molecule has 0 unspecified atom stereocenters. The number of carbonyl (C=O) groups excluding carboxylic acids is 2. The molecule has 2 saturated heterocycles. The van der Waals surface area contributed by atoms with Gasteiger partial charge in [0.25, 0.3) is 11.7 Å². The molecule has 0 aliphatic carbocycles. The minimum atomic E-state index is -0.671. The number of ether oxygens (including phenoxy) is 2. The Morgan fingerprint density at radius 3 is 2.56 bits per heavy atom. The maximum atomic E-state index is 13.2. The summed E-state index contributed by atoms with van der Waals surface area (Å²) in [6.07, 6.45) is 1.60. The molecule has 0 bridgehead atoms. The lowest BCUT2D eigenvalue weighted by molar-refractivity contribution is -0.140. The fourth-order valence-electron chi connectivity index (χ4n) is 4.49. The van der Waals surface area contributed by atoms with Crippen molar-refractivity contribution in [1.82, 2.24) is 9.80 Å². The van der Waals surface area contributed by atoms with Crippen molar-refractivity contribution in [3.8, 4) is 5.75 Å². The molecule has 1 N–H and O–H groups in total. The number of rotatable bonds is 9. The van der Waals surface area contributed by atoms with Crippen LogP contribution in [-0.4, -0.2) is 72.6 Å². The van der Waals surface area contributed by atoms with Crippen LogP contribution >= 0.6 is 0 Å². The molecule has 4 rings (SSSR count). The maximum Gasteiger partial charge on any atom is 0.295 e. The largest absolute Gasteiger partial charge is 0.507 e. The van der Waals surface area contributed by atoms with E-state index in [1.54, 1.807) is 29.2 Å². The highest BCUT2D eigenvalue weighted by atomic mass is 16.5. The molecule has 1 amide bonds. The van der Waals surface area contributed by atoms with Crippen molar-refractivity contribution < 1.29 is 24.2 Å². The molecule has 7 heteroatoms. The Balaban J connectivity index is 1.66. The average Bonchev–Trinajstić information content (AvgIpc) is 3.13. The van der Waals surface area contributed by atoms with Crippen LogP contribution in [0, 0.1) is 0 Å². The highest BCUT2D eigenvalue weighted by Crippen LogP contribution is 2.40. The number of aliphatic hydroxyl groups is 1. The maximum absolute atomic E-state index is 13.2. The predicted molar refractivity (Wildman–Crippen MR) is 130 cm³/mol. The van der Waals surface area contributed by atoms with E-state index >= 15 is 0 Å². The van der Waals surface area contributed by atoms with Gasteiger partial charge in [-0.2, -0.15) is 0 Å². The molecule has 0 aromatic heterocycles. The first kappa shape index (κ1) is 24.0. The first-order valence-corrected chi connectivity index (χ1v) is 12.0. The van der Waals surface area contributed by atoms with E-state index < -0.39 is 17.7 Å². The fraction of sp³-hybridized carbons (Fsp3) is 0.407. The Morgan fingerprint density at radius 2 is 1.82 bits per heavy atom. The van der Waals surface area contributed by atoms with Crippen LogP contribution < -0.4 is 4.74 Å². The number of likely N-dealkylation sites (tertiary alicyclic amines) is 1. The van der Waals surface area contributed by atoms with E-state index in [1.165, 1.54) is 0 Å². The zero-order chi connectivity index (χ0) is 23.9. The zero-order valence-corrected chi connectivity index (χ0v) is 19.6. The van der Waals surface area contributed by atoms with Gasteiger partial charge in [-0.05, 0) is 30.5 Å². The van der Waals surface area contributed by atoms with E-state index in [0.717, 1.165) is 38.0 Å². The van der Waals surface area contributed by atoms with Gasteiger partial charge in [-0.1, -0.05) is 49.4 Å². The number of Topliss-reactive ketones (excluding diaryl/α,β-unsaturated/α-hetero) is 1. The van der Waals surface area contributed by atoms with Crippen LogP contribution in [0.4, 0.5) is 0 Å². The lowest BCUT2D eigenvalue weighted by Gasteiger charge is -2.29. The summed E-state index contributed by atoms with van der Waals surface area (Å²) >= 11 is 0. The normalized spacial score (nSPS) is 20.6. The van der Waals surface area contributed by atoms with E-state index in [9.17, 15) is 14.7 Å². The van der Waals surface area contributed by atoms with Crippen molar-refractivity contribution in [2.24, 2.45) is 0 Å². The molecule has 7 nitrogen and oxygen atoms in total. The van der Waals surface area contributed by atoms with Gasteiger partial charge in [0.2, 0.25) is 0 Å². The van der Waals surface area contributed by atoms with Gasteiger partial charge in [-0.25, -0.2) is 0 Å². The van der Waals surface area contributed by atoms with Crippen molar-refractivity contribution in [3.05, 3.63) is 71.3 Å². The lowest BCUT2D eigenvalue weighted by atomic mass is 9.95. The smallest absolute Gasteiger partial charge is 0.295 e. The number of nitrogens with zero attached hydrogens (tertiary/aromatic N) is 2. The summed E-state index contributed by atoms with van der Waals surface area (Å²) in [7, 11) is 0. The van der Waals surface area contributed by atoms with Gasteiger partial charge in [0, 0.05) is 31.7 Å². The molecule has 2 fully saturated rings. The van der Waals surface area contributed by atoms with E-state index in [0.29, 0.717) is 37.7 Å². The third-order valence-electron chi connectivity index (χ3n) is 6.21. The summed E-state index contributed by atoms with van der Waals surface area (Å²) in [4.78, 5) is 30.2. The molecule has 2 heterocycles. The van der Waals surface area contributed by atoms with E-state index in [4.69, 9.17) is 9.47 Å². The predicted octanol–water partition coefficient (Wildman–Crippen LogP) is 3.62. The molecule has 0 saturated carbocycles. The fourth-order valence-corrected chi connectivity index (χ4v) is 4.49. The van der Waals surface area contributed by atoms with Crippen molar-refractivity contribution in [3.63, 3.8) is 0 Å². The van der Waals surface area contributed by atoms with Crippen molar-refractivity contribution >= 4 is 17.4 Å². The van der Waals surface area contributed by atoms with Crippen LogP contribution in [0.2, 0.25) is 0 Å². The Kier molecular flexibility index (Phi) is 7.98. The van der Waals surface area contributed by atoms with Gasteiger partial charge in [0.05, 0.1) is 31.4 Å². The van der Waals surface area contributed by atoms with Gasteiger partial charge in [-0.15, -0.1) is 0 Å². The first-order valence-electron chi connectivity index (χ1n) is 12.0.